The monoisotopic (exact) mass is 516 g/mol. The van der Waals surface area contributed by atoms with E-state index in [-0.39, 0.29) is 18.0 Å². The summed E-state index contributed by atoms with van der Waals surface area (Å²) in [5, 5.41) is 0.877. The minimum absolute atomic E-state index is 0.0481. The van der Waals surface area contributed by atoms with Crippen molar-refractivity contribution in [2.24, 2.45) is 0 Å². The number of H-pyrrole nitrogens is 1. The van der Waals surface area contributed by atoms with E-state index in [1.165, 1.54) is 0 Å². The first-order chi connectivity index (χ1) is 18.5. The first kappa shape index (κ1) is 26.6. The highest BCUT2D eigenvalue weighted by Gasteiger charge is 2.24. The SMILES string of the molecule is CCOc1cc(C(=O)N(Cc2cc3ccccc3[nH]c2=O)c2ccc(OC)cc2)cc(OCC)c1OCC. The molecule has 1 N–H and O–H groups in total. The van der Waals surface area contributed by atoms with Crippen LogP contribution in [0.4, 0.5) is 5.69 Å². The maximum atomic E-state index is 14.1. The Hall–Kier alpha value is -4.46. The van der Waals surface area contributed by atoms with Gasteiger partial charge in [-0.25, -0.2) is 0 Å². The van der Waals surface area contributed by atoms with Gasteiger partial charge in [-0.05, 0) is 74.7 Å². The average molecular weight is 517 g/mol. The lowest BCUT2D eigenvalue weighted by atomic mass is 10.1. The predicted octanol–water partition coefficient (Wildman–Crippen LogP) is 5.58. The second-order valence-electron chi connectivity index (χ2n) is 8.40. The molecule has 0 atom stereocenters. The lowest BCUT2D eigenvalue weighted by molar-refractivity contribution is 0.0984. The molecule has 0 saturated carbocycles. The molecule has 0 fully saturated rings. The van der Waals surface area contributed by atoms with Gasteiger partial charge in [-0.2, -0.15) is 0 Å². The number of amides is 1. The van der Waals surface area contributed by atoms with Crippen molar-refractivity contribution in [3.63, 3.8) is 0 Å². The van der Waals surface area contributed by atoms with Gasteiger partial charge in [0.25, 0.3) is 11.5 Å². The van der Waals surface area contributed by atoms with E-state index < -0.39 is 0 Å². The molecule has 38 heavy (non-hydrogen) atoms. The summed E-state index contributed by atoms with van der Waals surface area (Å²) >= 11 is 0. The Labute approximate surface area is 221 Å². The minimum Gasteiger partial charge on any atom is -0.497 e. The third-order valence-electron chi connectivity index (χ3n) is 5.94. The van der Waals surface area contributed by atoms with E-state index in [1.807, 2.05) is 51.1 Å². The molecule has 198 valence electrons. The number of carbonyl (C=O) groups is 1. The molecule has 3 aromatic carbocycles. The van der Waals surface area contributed by atoms with Gasteiger partial charge >= 0.3 is 0 Å². The van der Waals surface area contributed by atoms with E-state index in [9.17, 15) is 9.59 Å². The first-order valence-electron chi connectivity index (χ1n) is 12.6. The number of hydrogen-bond donors (Lipinski definition) is 1. The van der Waals surface area contributed by atoms with Crippen LogP contribution < -0.4 is 29.4 Å². The normalized spacial score (nSPS) is 10.7. The molecule has 0 aliphatic heterocycles. The van der Waals surface area contributed by atoms with Crippen molar-refractivity contribution in [3.05, 3.63) is 88.2 Å². The molecule has 0 saturated heterocycles. The highest BCUT2D eigenvalue weighted by molar-refractivity contribution is 6.07. The van der Waals surface area contributed by atoms with Crippen molar-refractivity contribution in [2.75, 3.05) is 31.8 Å². The summed E-state index contributed by atoms with van der Waals surface area (Å²) in [6.45, 7) is 6.83. The van der Waals surface area contributed by atoms with Crippen molar-refractivity contribution in [1.29, 1.82) is 0 Å². The highest BCUT2D eigenvalue weighted by Crippen LogP contribution is 2.40. The number of rotatable bonds is 11. The van der Waals surface area contributed by atoms with Crippen LogP contribution in [0.15, 0.2) is 71.5 Å². The molecule has 1 aromatic heterocycles. The van der Waals surface area contributed by atoms with E-state index in [0.29, 0.717) is 59.6 Å². The molecule has 0 unspecified atom stereocenters. The zero-order chi connectivity index (χ0) is 27.1. The summed E-state index contributed by atoms with van der Waals surface area (Å²) in [6.07, 6.45) is 0. The second kappa shape index (κ2) is 12.2. The van der Waals surface area contributed by atoms with E-state index in [0.717, 1.165) is 10.9 Å². The van der Waals surface area contributed by atoms with Gasteiger partial charge in [0, 0.05) is 22.3 Å². The van der Waals surface area contributed by atoms with Crippen molar-refractivity contribution in [1.82, 2.24) is 4.98 Å². The van der Waals surface area contributed by atoms with Crippen LogP contribution in [0.3, 0.4) is 0 Å². The number of aromatic amines is 1. The van der Waals surface area contributed by atoms with Crippen molar-refractivity contribution in [2.45, 2.75) is 27.3 Å². The van der Waals surface area contributed by atoms with Gasteiger partial charge in [-0.1, -0.05) is 18.2 Å². The maximum Gasteiger partial charge on any atom is 0.258 e. The number of methoxy groups -OCH3 is 1. The minimum atomic E-state index is -0.326. The molecule has 0 aliphatic carbocycles. The van der Waals surface area contributed by atoms with Crippen molar-refractivity contribution >= 4 is 22.5 Å². The van der Waals surface area contributed by atoms with Crippen molar-refractivity contribution < 1.29 is 23.7 Å². The summed E-state index contributed by atoms with van der Waals surface area (Å²) in [6, 6.07) is 19.8. The third kappa shape index (κ3) is 5.75. The quantitative estimate of drug-likeness (QED) is 0.280. The first-order valence-corrected chi connectivity index (χ1v) is 12.6. The van der Waals surface area contributed by atoms with Crippen LogP contribution in [-0.4, -0.2) is 37.8 Å². The summed E-state index contributed by atoms with van der Waals surface area (Å²) < 4.78 is 22.7. The van der Waals surface area contributed by atoms with Crippen LogP contribution in [0.5, 0.6) is 23.0 Å². The fourth-order valence-electron chi connectivity index (χ4n) is 4.19. The Bertz CT molecular complexity index is 1440. The number of anilines is 1. The van der Waals surface area contributed by atoms with Gasteiger partial charge in [-0.3, -0.25) is 9.59 Å². The molecule has 0 bridgehead atoms. The average Bonchev–Trinajstić information content (AvgIpc) is 2.93. The van der Waals surface area contributed by atoms with Crippen molar-refractivity contribution in [3.8, 4) is 23.0 Å². The van der Waals surface area contributed by atoms with Gasteiger partial charge < -0.3 is 28.8 Å². The number of carbonyl (C=O) groups excluding carboxylic acids is 1. The summed E-state index contributed by atoms with van der Waals surface area (Å²) in [7, 11) is 1.58. The number of fused-ring (bicyclic) bond motifs is 1. The maximum absolute atomic E-state index is 14.1. The molecule has 1 heterocycles. The smallest absolute Gasteiger partial charge is 0.258 e. The molecular weight excluding hydrogens is 484 g/mol. The molecule has 4 aromatic rings. The Kier molecular flexibility index (Phi) is 8.53. The topological polar surface area (TPSA) is 90.1 Å². The van der Waals surface area contributed by atoms with Crippen LogP contribution in [0.25, 0.3) is 10.9 Å². The number of para-hydroxylation sites is 1. The van der Waals surface area contributed by atoms with Gasteiger partial charge in [0.05, 0.1) is 33.5 Å². The van der Waals surface area contributed by atoms with Crippen LogP contribution in [-0.2, 0) is 6.54 Å². The number of hydrogen-bond acceptors (Lipinski definition) is 6. The fraction of sp³-hybridized carbons (Fsp3) is 0.267. The summed E-state index contributed by atoms with van der Waals surface area (Å²) in [5.41, 5.74) is 1.87. The van der Waals surface area contributed by atoms with Gasteiger partial charge in [0.2, 0.25) is 5.75 Å². The Balaban J connectivity index is 1.82. The van der Waals surface area contributed by atoms with E-state index >= 15 is 0 Å². The predicted molar refractivity (Wildman–Crippen MR) is 148 cm³/mol. The number of ether oxygens (including phenoxy) is 4. The van der Waals surface area contributed by atoms with Gasteiger partial charge in [0.1, 0.15) is 5.75 Å². The summed E-state index contributed by atoms with van der Waals surface area (Å²) in [5.74, 6) is 1.62. The van der Waals surface area contributed by atoms with Gasteiger partial charge in [-0.15, -0.1) is 0 Å². The lowest BCUT2D eigenvalue weighted by Gasteiger charge is -2.24. The van der Waals surface area contributed by atoms with E-state index in [4.69, 9.17) is 18.9 Å². The molecule has 8 nitrogen and oxygen atoms in total. The number of nitrogens with one attached hydrogen (secondary N) is 1. The third-order valence-corrected chi connectivity index (χ3v) is 5.94. The summed E-state index contributed by atoms with van der Waals surface area (Å²) in [4.78, 5) is 31.5. The van der Waals surface area contributed by atoms with E-state index in [2.05, 4.69) is 4.98 Å². The molecule has 4 rings (SSSR count). The number of aromatic nitrogens is 1. The Morgan fingerprint density at radius 2 is 1.47 bits per heavy atom. The second-order valence-corrected chi connectivity index (χ2v) is 8.40. The van der Waals surface area contributed by atoms with Gasteiger partial charge in [0.15, 0.2) is 11.5 Å². The highest BCUT2D eigenvalue weighted by atomic mass is 16.5. The number of pyridine rings is 1. The molecule has 0 radical (unpaired) electrons. The van der Waals surface area contributed by atoms with E-state index in [1.54, 1.807) is 48.4 Å². The molecule has 0 aliphatic rings. The Morgan fingerprint density at radius 3 is 2.08 bits per heavy atom. The molecule has 0 spiro atoms. The Morgan fingerprint density at radius 1 is 0.842 bits per heavy atom. The number of benzene rings is 3. The van der Waals surface area contributed by atoms with Crippen LogP contribution in [0.2, 0.25) is 0 Å². The number of nitrogens with zero attached hydrogens (tertiary/aromatic N) is 1. The lowest BCUT2D eigenvalue weighted by Crippen LogP contribution is -2.33. The fourth-order valence-corrected chi connectivity index (χ4v) is 4.19. The van der Waals surface area contributed by atoms with Crippen LogP contribution in [0, 0.1) is 0 Å². The zero-order valence-corrected chi connectivity index (χ0v) is 22.1. The molecular formula is C30H32N2O6. The zero-order valence-electron chi connectivity index (χ0n) is 22.1. The molecule has 1 amide bonds. The standard InChI is InChI=1S/C30H32N2O6/c1-5-36-26-17-21(18-27(37-6-2)28(26)38-7-3)30(34)32(23-12-14-24(35-4)15-13-23)19-22-16-20-10-8-9-11-25(20)31-29(22)33/h8-18H,5-7,19H2,1-4H3,(H,31,33). The van der Waals surface area contributed by atoms with Crippen LogP contribution >= 0.6 is 0 Å². The largest absolute Gasteiger partial charge is 0.497 e. The van der Waals surface area contributed by atoms with Crippen LogP contribution in [0.1, 0.15) is 36.7 Å². The molecule has 8 heteroatoms.